The molecule has 17 heavy (non-hydrogen) atoms. The van der Waals surface area contributed by atoms with Crippen molar-refractivity contribution in [1.29, 1.82) is 0 Å². The van der Waals surface area contributed by atoms with Crippen LogP contribution < -0.4 is 0 Å². The maximum absolute atomic E-state index is 13.3. The van der Waals surface area contributed by atoms with Crippen molar-refractivity contribution in [3.05, 3.63) is 41.2 Å². The minimum absolute atomic E-state index is 0.109. The summed E-state index contributed by atoms with van der Waals surface area (Å²) < 4.78 is 13.3. The molecule has 92 valence electrons. The minimum atomic E-state index is -1.11. The molecule has 0 aliphatic rings. The first-order valence-electron chi connectivity index (χ1n) is 5.01. The van der Waals surface area contributed by atoms with E-state index in [1.165, 1.54) is 23.9 Å². The standard InChI is InChI=1S/C12H13FO3S/c13-11-3-1-9(8-17-6-5-14)7-10(11)2-4-12(15)16/h1-4,7,14H,5-6,8H2,(H,15,16)/b4-2+. The second-order valence-electron chi connectivity index (χ2n) is 3.30. The summed E-state index contributed by atoms with van der Waals surface area (Å²) >= 11 is 1.53. The van der Waals surface area contributed by atoms with E-state index in [0.717, 1.165) is 11.6 Å². The lowest BCUT2D eigenvalue weighted by Gasteiger charge is -2.03. The van der Waals surface area contributed by atoms with Crippen molar-refractivity contribution in [3.8, 4) is 0 Å². The van der Waals surface area contributed by atoms with Gasteiger partial charge < -0.3 is 10.2 Å². The number of hydrogen-bond acceptors (Lipinski definition) is 3. The number of aliphatic carboxylic acids is 1. The normalized spacial score (nSPS) is 10.9. The predicted octanol–water partition coefficient (Wildman–Crippen LogP) is 2.15. The van der Waals surface area contributed by atoms with Crippen molar-refractivity contribution in [3.63, 3.8) is 0 Å². The van der Waals surface area contributed by atoms with Gasteiger partial charge in [-0.2, -0.15) is 11.8 Å². The summed E-state index contributed by atoms with van der Waals surface area (Å²) in [6, 6.07) is 4.58. The second kappa shape index (κ2) is 7.09. The van der Waals surface area contributed by atoms with E-state index in [4.69, 9.17) is 10.2 Å². The molecule has 3 nitrogen and oxygen atoms in total. The summed E-state index contributed by atoms with van der Waals surface area (Å²) in [6.07, 6.45) is 2.14. The van der Waals surface area contributed by atoms with Crippen LogP contribution in [-0.4, -0.2) is 28.5 Å². The molecule has 0 radical (unpaired) electrons. The van der Waals surface area contributed by atoms with Gasteiger partial charge in [0.15, 0.2) is 0 Å². The number of carboxylic acids is 1. The van der Waals surface area contributed by atoms with Gasteiger partial charge in [-0.15, -0.1) is 0 Å². The SMILES string of the molecule is O=C(O)/C=C/c1cc(CSCCO)ccc1F. The quantitative estimate of drug-likeness (QED) is 0.605. The molecule has 0 aliphatic carbocycles. The highest BCUT2D eigenvalue weighted by molar-refractivity contribution is 7.98. The van der Waals surface area contributed by atoms with Crippen molar-refractivity contribution in [1.82, 2.24) is 0 Å². The Morgan fingerprint density at radius 2 is 2.24 bits per heavy atom. The number of aliphatic hydroxyl groups is 1. The predicted molar refractivity (Wildman–Crippen MR) is 66.3 cm³/mol. The molecule has 0 aromatic heterocycles. The second-order valence-corrected chi connectivity index (χ2v) is 4.41. The molecule has 0 saturated carbocycles. The molecular weight excluding hydrogens is 243 g/mol. The van der Waals surface area contributed by atoms with Gasteiger partial charge in [-0.25, -0.2) is 9.18 Å². The van der Waals surface area contributed by atoms with Crippen LogP contribution >= 0.6 is 11.8 Å². The number of carbonyl (C=O) groups is 1. The van der Waals surface area contributed by atoms with Gasteiger partial charge in [0.2, 0.25) is 0 Å². The lowest BCUT2D eigenvalue weighted by Crippen LogP contribution is -1.91. The molecule has 0 amide bonds. The van der Waals surface area contributed by atoms with Gasteiger partial charge in [0.05, 0.1) is 6.61 Å². The van der Waals surface area contributed by atoms with E-state index in [-0.39, 0.29) is 12.2 Å². The highest BCUT2D eigenvalue weighted by Gasteiger charge is 2.01. The van der Waals surface area contributed by atoms with Crippen LogP contribution in [0.1, 0.15) is 11.1 Å². The molecule has 1 aromatic rings. The Morgan fingerprint density at radius 1 is 1.47 bits per heavy atom. The monoisotopic (exact) mass is 256 g/mol. The highest BCUT2D eigenvalue weighted by Crippen LogP contribution is 2.17. The Kier molecular flexibility index (Phi) is 5.72. The van der Waals surface area contributed by atoms with Crippen LogP contribution in [0.25, 0.3) is 6.08 Å². The number of aliphatic hydroxyl groups excluding tert-OH is 1. The first-order valence-corrected chi connectivity index (χ1v) is 6.17. The van der Waals surface area contributed by atoms with E-state index in [0.29, 0.717) is 11.5 Å². The van der Waals surface area contributed by atoms with Gasteiger partial charge in [-0.05, 0) is 23.8 Å². The summed E-state index contributed by atoms with van der Waals surface area (Å²) in [5, 5.41) is 17.1. The van der Waals surface area contributed by atoms with Crippen molar-refractivity contribution in [2.24, 2.45) is 0 Å². The van der Waals surface area contributed by atoms with Crippen LogP contribution in [0.4, 0.5) is 4.39 Å². The number of rotatable bonds is 6. The molecule has 0 aliphatic heterocycles. The lowest BCUT2D eigenvalue weighted by atomic mass is 10.1. The summed E-state index contributed by atoms with van der Waals surface area (Å²) in [6.45, 7) is 0.109. The largest absolute Gasteiger partial charge is 0.478 e. The van der Waals surface area contributed by atoms with Crippen molar-refractivity contribution in [2.45, 2.75) is 5.75 Å². The molecule has 5 heteroatoms. The zero-order valence-corrected chi connectivity index (χ0v) is 9.91. The van der Waals surface area contributed by atoms with Crippen molar-refractivity contribution < 1.29 is 19.4 Å². The van der Waals surface area contributed by atoms with E-state index < -0.39 is 11.8 Å². The molecule has 0 saturated heterocycles. The van der Waals surface area contributed by atoms with E-state index in [1.54, 1.807) is 12.1 Å². The third kappa shape index (κ3) is 5.01. The molecule has 0 unspecified atom stereocenters. The van der Waals surface area contributed by atoms with Gasteiger partial charge >= 0.3 is 5.97 Å². The van der Waals surface area contributed by atoms with E-state index >= 15 is 0 Å². The summed E-state index contributed by atoms with van der Waals surface area (Å²) in [5.74, 6) is -0.269. The van der Waals surface area contributed by atoms with Crippen molar-refractivity contribution >= 4 is 23.8 Å². The first-order chi connectivity index (χ1) is 8.13. The van der Waals surface area contributed by atoms with E-state index in [9.17, 15) is 9.18 Å². The van der Waals surface area contributed by atoms with Crippen LogP contribution in [0.2, 0.25) is 0 Å². The smallest absolute Gasteiger partial charge is 0.328 e. The highest BCUT2D eigenvalue weighted by atomic mass is 32.2. The zero-order chi connectivity index (χ0) is 12.7. The van der Waals surface area contributed by atoms with E-state index in [2.05, 4.69) is 0 Å². The Labute approximate surface area is 103 Å². The zero-order valence-electron chi connectivity index (χ0n) is 9.10. The van der Waals surface area contributed by atoms with Crippen LogP contribution in [-0.2, 0) is 10.5 Å². The fourth-order valence-electron chi connectivity index (χ4n) is 1.23. The number of benzene rings is 1. The number of halogens is 1. The maximum atomic E-state index is 13.3. The van der Waals surface area contributed by atoms with Gasteiger partial charge in [-0.3, -0.25) is 0 Å². The third-order valence-corrected chi connectivity index (χ3v) is 2.98. The fourth-order valence-corrected chi connectivity index (χ4v) is 1.92. The van der Waals surface area contributed by atoms with Gasteiger partial charge in [-0.1, -0.05) is 6.07 Å². The molecule has 1 aromatic carbocycles. The molecule has 0 bridgehead atoms. The fraction of sp³-hybridized carbons (Fsp3) is 0.250. The van der Waals surface area contributed by atoms with E-state index in [1.807, 2.05) is 0 Å². The average Bonchev–Trinajstić information content (AvgIpc) is 2.29. The van der Waals surface area contributed by atoms with Crippen LogP contribution in [0.3, 0.4) is 0 Å². The maximum Gasteiger partial charge on any atom is 0.328 e. The van der Waals surface area contributed by atoms with Gasteiger partial charge in [0.1, 0.15) is 5.82 Å². The van der Waals surface area contributed by atoms with Crippen LogP contribution in [0.15, 0.2) is 24.3 Å². The molecule has 0 heterocycles. The molecule has 0 atom stereocenters. The Hall–Kier alpha value is -1.33. The summed E-state index contributed by atoms with van der Waals surface area (Å²) in [7, 11) is 0. The molecule has 0 fully saturated rings. The van der Waals surface area contributed by atoms with Crippen LogP contribution in [0.5, 0.6) is 0 Å². The van der Waals surface area contributed by atoms with Crippen LogP contribution in [0, 0.1) is 5.82 Å². The number of carboxylic acid groups (broad SMARTS) is 1. The average molecular weight is 256 g/mol. The van der Waals surface area contributed by atoms with Crippen molar-refractivity contribution in [2.75, 3.05) is 12.4 Å². The Bertz CT molecular complexity index is 418. The first kappa shape index (κ1) is 13.7. The Balaban J connectivity index is 2.75. The summed E-state index contributed by atoms with van der Waals surface area (Å²) in [5.41, 5.74) is 1.16. The summed E-state index contributed by atoms with van der Waals surface area (Å²) in [4.78, 5) is 10.3. The molecule has 0 spiro atoms. The molecular formula is C12H13FO3S. The van der Waals surface area contributed by atoms with Gasteiger partial charge in [0, 0.05) is 23.1 Å². The minimum Gasteiger partial charge on any atom is -0.478 e. The third-order valence-electron chi connectivity index (χ3n) is 1.97. The molecule has 2 N–H and O–H groups in total. The molecule has 1 rings (SSSR count). The number of thioether (sulfide) groups is 1. The Morgan fingerprint density at radius 3 is 2.88 bits per heavy atom. The topological polar surface area (TPSA) is 57.5 Å². The van der Waals surface area contributed by atoms with Gasteiger partial charge in [0.25, 0.3) is 0 Å². The number of hydrogen-bond donors (Lipinski definition) is 2. The lowest BCUT2D eigenvalue weighted by molar-refractivity contribution is -0.131.